The van der Waals surface area contributed by atoms with E-state index < -0.39 is 0 Å². The molecule has 0 radical (unpaired) electrons. The van der Waals surface area contributed by atoms with Gasteiger partial charge >= 0.3 is 0 Å². The number of thiol groups is 1. The van der Waals surface area contributed by atoms with Crippen LogP contribution in [0.1, 0.15) is 23.2 Å². The zero-order chi connectivity index (χ0) is 12.4. The van der Waals surface area contributed by atoms with E-state index in [-0.39, 0.29) is 12.0 Å². The van der Waals surface area contributed by atoms with Gasteiger partial charge in [0, 0.05) is 22.5 Å². The van der Waals surface area contributed by atoms with Crippen LogP contribution in [0.5, 0.6) is 0 Å². The number of amides is 1. The number of piperidine rings is 1. The molecule has 0 saturated carbocycles. The molecule has 1 heterocycles. The van der Waals surface area contributed by atoms with E-state index in [2.05, 4.69) is 28.6 Å². The maximum Gasteiger partial charge on any atom is 0.254 e. The summed E-state index contributed by atoms with van der Waals surface area (Å²) in [7, 11) is 0. The van der Waals surface area contributed by atoms with Crippen molar-refractivity contribution < 1.29 is 9.90 Å². The second-order valence-corrected chi connectivity index (χ2v) is 5.58. The highest BCUT2D eigenvalue weighted by Gasteiger charge is 2.23. The van der Waals surface area contributed by atoms with Gasteiger partial charge in [-0.25, -0.2) is 0 Å². The minimum absolute atomic E-state index is 0.00519. The molecule has 1 aromatic carbocycles. The Morgan fingerprint density at radius 3 is 2.65 bits per heavy atom. The third-order valence-corrected chi connectivity index (χ3v) is 3.81. The van der Waals surface area contributed by atoms with E-state index in [0.717, 1.165) is 4.47 Å². The van der Waals surface area contributed by atoms with Gasteiger partial charge in [-0.15, -0.1) is 12.6 Å². The summed E-state index contributed by atoms with van der Waals surface area (Å²) in [6.45, 7) is 1.23. The second kappa shape index (κ2) is 5.42. The number of nitrogens with zero attached hydrogens (tertiary/aromatic N) is 1. The van der Waals surface area contributed by atoms with E-state index in [9.17, 15) is 9.90 Å². The van der Waals surface area contributed by atoms with Crippen molar-refractivity contribution in [3.63, 3.8) is 0 Å². The number of hydrogen-bond acceptors (Lipinski definition) is 3. The molecule has 92 valence electrons. The number of carbonyl (C=O) groups excluding carboxylic acids is 1. The average molecular weight is 316 g/mol. The summed E-state index contributed by atoms with van der Waals surface area (Å²) in [6.07, 6.45) is 1.05. The molecule has 1 aromatic rings. The Hall–Kier alpha value is -0.520. The van der Waals surface area contributed by atoms with E-state index >= 15 is 0 Å². The smallest absolute Gasteiger partial charge is 0.254 e. The zero-order valence-corrected chi connectivity index (χ0v) is 11.7. The first-order valence-electron chi connectivity index (χ1n) is 5.54. The molecule has 17 heavy (non-hydrogen) atoms. The first kappa shape index (κ1) is 12.9. The fraction of sp³-hybridized carbons (Fsp3) is 0.417. The van der Waals surface area contributed by atoms with Gasteiger partial charge in [0.15, 0.2) is 0 Å². The second-order valence-electron chi connectivity index (χ2n) is 4.18. The molecule has 1 fully saturated rings. The van der Waals surface area contributed by atoms with Crippen molar-refractivity contribution in [2.75, 3.05) is 13.1 Å². The van der Waals surface area contributed by atoms with Gasteiger partial charge in [0.2, 0.25) is 0 Å². The van der Waals surface area contributed by atoms with E-state index in [1.54, 1.807) is 11.0 Å². The summed E-state index contributed by atoms with van der Waals surface area (Å²) >= 11 is 7.66. The van der Waals surface area contributed by atoms with Crippen LogP contribution in [-0.2, 0) is 0 Å². The van der Waals surface area contributed by atoms with Crippen molar-refractivity contribution in [3.8, 4) is 0 Å². The lowest BCUT2D eigenvalue weighted by molar-refractivity contribution is 0.0543. The summed E-state index contributed by atoms with van der Waals surface area (Å²) in [6, 6.07) is 5.43. The van der Waals surface area contributed by atoms with Gasteiger partial charge < -0.3 is 10.0 Å². The Bertz CT molecular complexity index is 431. The van der Waals surface area contributed by atoms with Gasteiger partial charge in [-0.2, -0.15) is 0 Å². The molecule has 0 unspecified atom stereocenters. The number of likely N-dealkylation sites (tertiary alicyclic amines) is 1. The first-order valence-corrected chi connectivity index (χ1v) is 6.78. The molecule has 0 atom stereocenters. The van der Waals surface area contributed by atoms with Gasteiger partial charge in [0.1, 0.15) is 0 Å². The van der Waals surface area contributed by atoms with Crippen molar-refractivity contribution >= 4 is 34.5 Å². The third kappa shape index (κ3) is 3.03. The van der Waals surface area contributed by atoms with E-state index in [1.807, 2.05) is 12.1 Å². The SMILES string of the molecule is O=C(c1ccc(Br)cc1S)N1CCC(O)CC1. The van der Waals surface area contributed by atoms with Gasteiger partial charge in [-0.1, -0.05) is 15.9 Å². The minimum Gasteiger partial charge on any atom is -0.393 e. The quantitative estimate of drug-likeness (QED) is 0.781. The summed E-state index contributed by atoms with van der Waals surface area (Å²) < 4.78 is 0.910. The summed E-state index contributed by atoms with van der Waals surface area (Å²) in [5.74, 6) is -0.00519. The Morgan fingerprint density at radius 2 is 2.06 bits per heavy atom. The van der Waals surface area contributed by atoms with E-state index in [1.165, 1.54) is 0 Å². The van der Waals surface area contributed by atoms with Crippen LogP contribution in [0.3, 0.4) is 0 Å². The fourth-order valence-electron chi connectivity index (χ4n) is 1.92. The molecule has 2 rings (SSSR count). The Labute approximate surface area is 114 Å². The lowest BCUT2D eigenvalue weighted by Crippen LogP contribution is -2.40. The van der Waals surface area contributed by atoms with Crippen LogP contribution < -0.4 is 0 Å². The van der Waals surface area contributed by atoms with Gasteiger partial charge in [-0.3, -0.25) is 4.79 Å². The van der Waals surface area contributed by atoms with Gasteiger partial charge in [0.05, 0.1) is 11.7 Å². The fourth-order valence-corrected chi connectivity index (χ4v) is 2.77. The Balaban J connectivity index is 2.14. The number of aliphatic hydroxyl groups is 1. The van der Waals surface area contributed by atoms with Crippen LogP contribution in [0.2, 0.25) is 0 Å². The molecule has 1 aliphatic rings. The minimum atomic E-state index is -0.264. The summed E-state index contributed by atoms with van der Waals surface area (Å²) in [5.41, 5.74) is 0.618. The Kier molecular flexibility index (Phi) is 4.12. The zero-order valence-electron chi connectivity index (χ0n) is 9.27. The van der Waals surface area contributed by atoms with Crippen LogP contribution in [0.15, 0.2) is 27.6 Å². The molecular formula is C12H14BrNO2S. The molecule has 0 aliphatic carbocycles. The highest BCUT2D eigenvalue weighted by atomic mass is 79.9. The van der Waals surface area contributed by atoms with Crippen LogP contribution in [-0.4, -0.2) is 35.1 Å². The number of rotatable bonds is 1. The molecule has 0 aromatic heterocycles. The topological polar surface area (TPSA) is 40.5 Å². The van der Waals surface area contributed by atoms with Crippen molar-refractivity contribution in [3.05, 3.63) is 28.2 Å². The van der Waals surface area contributed by atoms with Crippen molar-refractivity contribution in [1.82, 2.24) is 4.90 Å². The highest BCUT2D eigenvalue weighted by Crippen LogP contribution is 2.22. The summed E-state index contributed by atoms with van der Waals surface area (Å²) in [5, 5.41) is 9.41. The van der Waals surface area contributed by atoms with E-state index in [0.29, 0.717) is 36.4 Å². The maximum atomic E-state index is 12.2. The predicted molar refractivity (Wildman–Crippen MR) is 72.5 cm³/mol. The lowest BCUT2D eigenvalue weighted by Gasteiger charge is -2.30. The largest absolute Gasteiger partial charge is 0.393 e. The first-order chi connectivity index (χ1) is 8.08. The molecule has 1 aliphatic heterocycles. The van der Waals surface area contributed by atoms with Crippen molar-refractivity contribution in [2.45, 2.75) is 23.8 Å². The average Bonchev–Trinajstić information content (AvgIpc) is 2.29. The third-order valence-electron chi connectivity index (χ3n) is 2.94. The number of halogens is 1. The number of aliphatic hydroxyl groups excluding tert-OH is 1. The molecule has 0 bridgehead atoms. The monoisotopic (exact) mass is 315 g/mol. The Morgan fingerprint density at radius 1 is 1.41 bits per heavy atom. The standard InChI is InChI=1S/C12H14BrNO2S/c13-8-1-2-10(11(17)7-8)12(16)14-5-3-9(15)4-6-14/h1-2,7,9,15,17H,3-6H2. The number of benzene rings is 1. The maximum absolute atomic E-state index is 12.2. The molecule has 1 amide bonds. The molecule has 1 N–H and O–H groups in total. The molecule has 1 saturated heterocycles. The van der Waals surface area contributed by atoms with Gasteiger partial charge in [-0.05, 0) is 31.0 Å². The number of hydrogen-bond donors (Lipinski definition) is 2. The molecule has 3 nitrogen and oxygen atoms in total. The lowest BCUT2D eigenvalue weighted by atomic mass is 10.1. The van der Waals surface area contributed by atoms with Crippen molar-refractivity contribution in [2.24, 2.45) is 0 Å². The highest BCUT2D eigenvalue weighted by molar-refractivity contribution is 9.10. The molecular weight excluding hydrogens is 302 g/mol. The van der Waals surface area contributed by atoms with Crippen LogP contribution in [0.25, 0.3) is 0 Å². The molecule has 0 spiro atoms. The summed E-state index contributed by atoms with van der Waals surface area (Å²) in [4.78, 5) is 14.7. The number of carbonyl (C=O) groups is 1. The normalized spacial score (nSPS) is 17.2. The van der Waals surface area contributed by atoms with Gasteiger partial charge in [0.25, 0.3) is 5.91 Å². The van der Waals surface area contributed by atoms with Crippen molar-refractivity contribution in [1.29, 1.82) is 0 Å². The van der Waals surface area contributed by atoms with Crippen LogP contribution >= 0.6 is 28.6 Å². The van der Waals surface area contributed by atoms with Crippen LogP contribution in [0, 0.1) is 0 Å². The predicted octanol–water partition coefficient (Wildman–Crippen LogP) is 2.33. The van der Waals surface area contributed by atoms with Crippen LogP contribution in [0.4, 0.5) is 0 Å². The van der Waals surface area contributed by atoms with E-state index in [4.69, 9.17) is 0 Å². The molecule has 5 heteroatoms.